The van der Waals surface area contributed by atoms with E-state index in [4.69, 9.17) is 5.11 Å². The fourth-order valence-corrected chi connectivity index (χ4v) is 3.91. The van der Waals surface area contributed by atoms with Gasteiger partial charge in [0.05, 0.1) is 4.88 Å². The molecule has 0 spiro atoms. The molecule has 24 heavy (non-hydrogen) atoms. The van der Waals surface area contributed by atoms with Gasteiger partial charge in [-0.25, -0.2) is 0 Å². The highest BCUT2D eigenvalue weighted by Gasteiger charge is 2.19. The molecule has 126 valence electrons. The molecular formula is C20H24N2OS. The van der Waals surface area contributed by atoms with Crippen molar-refractivity contribution in [2.75, 3.05) is 24.6 Å². The van der Waals surface area contributed by atoms with Crippen LogP contribution in [0.15, 0.2) is 36.4 Å². The van der Waals surface area contributed by atoms with Crippen molar-refractivity contribution in [1.82, 2.24) is 5.32 Å². The van der Waals surface area contributed by atoms with E-state index in [9.17, 15) is 0 Å². The van der Waals surface area contributed by atoms with Crippen molar-refractivity contribution >= 4 is 17.0 Å². The fourth-order valence-electron chi connectivity index (χ4n) is 3.08. The van der Waals surface area contributed by atoms with Crippen molar-refractivity contribution < 1.29 is 5.11 Å². The van der Waals surface area contributed by atoms with Crippen LogP contribution >= 0.6 is 11.3 Å². The lowest BCUT2D eigenvalue weighted by Gasteiger charge is -2.34. The minimum Gasteiger partial charge on any atom is -0.384 e. The summed E-state index contributed by atoms with van der Waals surface area (Å²) in [4.78, 5) is 4.81. The molecule has 1 aliphatic heterocycles. The number of aryl methyl sites for hydroxylation is 1. The first-order valence-electron chi connectivity index (χ1n) is 8.48. The smallest absolute Gasteiger partial charge is 0.104 e. The molecule has 0 radical (unpaired) electrons. The molecule has 2 aromatic rings. The van der Waals surface area contributed by atoms with Crippen LogP contribution in [0.4, 0.5) is 5.69 Å². The van der Waals surface area contributed by atoms with Crippen LogP contribution in [0.5, 0.6) is 0 Å². The number of rotatable bonds is 4. The van der Waals surface area contributed by atoms with Crippen LogP contribution < -0.4 is 10.2 Å². The van der Waals surface area contributed by atoms with Crippen molar-refractivity contribution in [2.24, 2.45) is 0 Å². The molecular weight excluding hydrogens is 316 g/mol. The Morgan fingerprint density at radius 1 is 1.25 bits per heavy atom. The molecule has 0 aliphatic carbocycles. The second kappa shape index (κ2) is 8.34. The first kappa shape index (κ1) is 17.0. The summed E-state index contributed by atoms with van der Waals surface area (Å²) in [6.45, 7) is 5.20. The van der Waals surface area contributed by atoms with E-state index in [1.165, 1.54) is 29.0 Å². The number of hydrogen-bond acceptors (Lipinski definition) is 4. The second-order valence-corrected chi connectivity index (χ2v) is 7.38. The molecule has 1 aromatic carbocycles. The molecule has 1 fully saturated rings. The van der Waals surface area contributed by atoms with Gasteiger partial charge in [-0.2, -0.15) is 0 Å². The lowest BCUT2D eigenvalue weighted by atomic mass is 10.0. The van der Waals surface area contributed by atoms with Crippen molar-refractivity contribution in [3.63, 3.8) is 0 Å². The van der Waals surface area contributed by atoms with Crippen molar-refractivity contribution in [3.8, 4) is 11.8 Å². The molecule has 1 aromatic heterocycles. The molecule has 0 unspecified atom stereocenters. The third-order valence-electron chi connectivity index (χ3n) is 4.38. The molecule has 0 saturated carbocycles. The van der Waals surface area contributed by atoms with Gasteiger partial charge in [0.1, 0.15) is 6.61 Å². The first-order chi connectivity index (χ1) is 11.7. The summed E-state index contributed by atoms with van der Waals surface area (Å²) < 4.78 is 0. The van der Waals surface area contributed by atoms with E-state index in [1.807, 2.05) is 6.07 Å². The molecule has 3 rings (SSSR count). The maximum Gasteiger partial charge on any atom is 0.104 e. The average molecular weight is 340 g/mol. The average Bonchev–Trinajstić information content (AvgIpc) is 3.06. The predicted octanol–water partition coefficient (Wildman–Crippen LogP) is 3.16. The summed E-state index contributed by atoms with van der Waals surface area (Å²) in [5.41, 5.74) is 2.67. The molecule has 0 atom stereocenters. The Morgan fingerprint density at radius 3 is 2.83 bits per heavy atom. The summed E-state index contributed by atoms with van der Waals surface area (Å²) in [7, 11) is 0. The number of anilines is 1. The quantitative estimate of drug-likeness (QED) is 0.839. The number of benzene rings is 1. The zero-order chi connectivity index (χ0) is 16.8. The number of nitrogens with zero attached hydrogens (tertiary/aromatic N) is 1. The van der Waals surface area contributed by atoms with E-state index in [1.54, 1.807) is 11.3 Å². The number of hydrogen-bond donors (Lipinski definition) is 2. The molecule has 2 N–H and O–H groups in total. The summed E-state index contributed by atoms with van der Waals surface area (Å²) in [6, 6.07) is 13.5. The van der Waals surface area contributed by atoms with Crippen molar-refractivity contribution in [1.29, 1.82) is 0 Å². The summed E-state index contributed by atoms with van der Waals surface area (Å²) in [5.74, 6) is 5.66. The van der Waals surface area contributed by atoms with Gasteiger partial charge >= 0.3 is 0 Å². The van der Waals surface area contributed by atoms with E-state index < -0.39 is 0 Å². The Hall–Kier alpha value is -1.80. The fraction of sp³-hybridized carbons (Fsp3) is 0.400. The lowest BCUT2D eigenvalue weighted by Crippen LogP contribution is -2.42. The van der Waals surface area contributed by atoms with Crippen LogP contribution in [0.1, 0.15) is 28.2 Å². The highest BCUT2D eigenvalue weighted by atomic mass is 32.1. The molecule has 0 bridgehead atoms. The van der Waals surface area contributed by atoms with Gasteiger partial charge in [-0.3, -0.25) is 0 Å². The lowest BCUT2D eigenvalue weighted by molar-refractivity contribution is 0.350. The standard InChI is InChI=1S/C20H24N2OS/c1-16-4-2-5-18(14-16)22-11-9-17(10-12-22)21-15-20-8-7-19(24-20)6-3-13-23/h2,4-5,7-8,14,17,21,23H,9-13,15H2,1H3. The van der Waals surface area contributed by atoms with E-state index >= 15 is 0 Å². The van der Waals surface area contributed by atoms with Crippen LogP contribution in [0, 0.1) is 18.8 Å². The predicted molar refractivity (Wildman–Crippen MR) is 102 cm³/mol. The largest absolute Gasteiger partial charge is 0.384 e. The summed E-state index contributed by atoms with van der Waals surface area (Å²) in [5, 5.41) is 12.4. The third-order valence-corrected chi connectivity index (χ3v) is 5.38. The van der Waals surface area contributed by atoms with Crippen LogP contribution in [-0.4, -0.2) is 30.8 Å². The van der Waals surface area contributed by atoms with Gasteiger partial charge in [-0.05, 0) is 49.6 Å². The van der Waals surface area contributed by atoms with Crippen LogP contribution in [0.3, 0.4) is 0 Å². The SMILES string of the molecule is Cc1cccc(N2CCC(NCc3ccc(C#CCO)s3)CC2)c1. The Balaban J connectivity index is 1.46. The second-order valence-electron chi connectivity index (χ2n) is 6.21. The number of aliphatic hydroxyl groups excluding tert-OH is 1. The van der Waals surface area contributed by atoms with Crippen molar-refractivity contribution in [3.05, 3.63) is 51.7 Å². The van der Waals surface area contributed by atoms with Gasteiger partial charge in [0.2, 0.25) is 0 Å². The van der Waals surface area contributed by atoms with Gasteiger partial charge in [0.15, 0.2) is 0 Å². The molecule has 4 heteroatoms. The van der Waals surface area contributed by atoms with Crippen LogP contribution in [0.2, 0.25) is 0 Å². The van der Waals surface area contributed by atoms with Crippen molar-refractivity contribution in [2.45, 2.75) is 32.4 Å². The third kappa shape index (κ3) is 4.61. The molecule has 2 heterocycles. The minimum atomic E-state index is -0.0784. The van der Waals surface area contributed by atoms with Crippen LogP contribution in [-0.2, 0) is 6.54 Å². The Morgan fingerprint density at radius 2 is 2.08 bits per heavy atom. The zero-order valence-corrected chi connectivity index (χ0v) is 14.9. The normalized spacial score (nSPS) is 15.2. The van der Waals surface area contributed by atoms with Crippen LogP contribution in [0.25, 0.3) is 0 Å². The van der Waals surface area contributed by atoms with Gasteiger partial charge in [-0.1, -0.05) is 24.0 Å². The number of aliphatic hydroxyl groups is 1. The van der Waals surface area contributed by atoms with E-state index in [-0.39, 0.29) is 6.61 Å². The van der Waals surface area contributed by atoms with Gasteiger partial charge in [0, 0.05) is 36.2 Å². The van der Waals surface area contributed by atoms with Gasteiger partial charge in [0.25, 0.3) is 0 Å². The first-order valence-corrected chi connectivity index (χ1v) is 9.29. The highest BCUT2D eigenvalue weighted by Crippen LogP contribution is 2.22. The maximum absolute atomic E-state index is 8.74. The zero-order valence-electron chi connectivity index (χ0n) is 14.1. The van der Waals surface area contributed by atoms with Gasteiger partial charge in [-0.15, -0.1) is 11.3 Å². The Labute approximate surface area is 148 Å². The van der Waals surface area contributed by atoms with E-state index in [0.29, 0.717) is 6.04 Å². The summed E-state index contributed by atoms with van der Waals surface area (Å²) in [6.07, 6.45) is 2.35. The van der Waals surface area contributed by atoms with E-state index in [0.717, 1.165) is 24.5 Å². The molecule has 0 amide bonds. The van der Waals surface area contributed by atoms with E-state index in [2.05, 4.69) is 59.3 Å². The monoisotopic (exact) mass is 340 g/mol. The number of nitrogens with one attached hydrogen (secondary N) is 1. The topological polar surface area (TPSA) is 35.5 Å². The molecule has 1 aliphatic rings. The number of piperidine rings is 1. The summed E-state index contributed by atoms with van der Waals surface area (Å²) >= 11 is 1.70. The maximum atomic E-state index is 8.74. The van der Waals surface area contributed by atoms with Gasteiger partial charge < -0.3 is 15.3 Å². The number of thiophene rings is 1. The Bertz CT molecular complexity index is 720. The molecule has 3 nitrogen and oxygen atoms in total. The molecule has 1 saturated heterocycles. The Kier molecular flexibility index (Phi) is 5.92. The minimum absolute atomic E-state index is 0.0784. The highest BCUT2D eigenvalue weighted by molar-refractivity contribution is 7.12.